The molecule has 0 rings (SSSR count). The van der Waals surface area contributed by atoms with Gasteiger partial charge in [0, 0.05) is 33.3 Å². The summed E-state index contributed by atoms with van der Waals surface area (Å²) in [5.41, 5.74) is 5.59. The first kappa shape index (κ1) is 17.8. The molecule has 0 aromatic heterocycles. The summed E-state index contributed by atoms with van der Waals surface area (Å²) >= 11 is 0. The maximum absolute atomic E-state index is 5.59. The molecule has 5 heteroatoms. The van der Waals surface area contributed by atoms with Gasteiger partial charge in [-0.25, -0.2) is 0 Å². The molecule has 110 valence electrons. The zero-order valence-corrected chi connectivity index (χ0v) is 12.2. The Labute approximate surface area is 112 Å². The molecule has 0 aliphatic rings. The quantitative estimate of drug-likeness (QED) is 0.492. The molecule has 0 radical (unpaired) electrons. The third kappa shape index (κ3) is 12.3. The SMILES string of the molecule is COCCOCCOCCN(CCN)CC(C)C. The number of methoxy groups -OCH3 is 1. The van der Waals surface area contributed by atoms with Crippen LogP contribution in [0.25, 0.3) is 0 Å². The maximum atomic E-state index is 5.59. The van der Waals surface area contributed by atoms with Crippen LogP contribution in [0.15, 0.2) is 0 Å². The Balaban J connectivity index is 3.37. The minimum atomic E-state index is 0.629. The lowest BCUT2D eigenvalue weighted by atomic mass is 10.2. The summed E-state index contributed by atoms with van der Waals surface area (Å²) in [5.74, 6) is 0.661. The summed E-state index contributed by atoms with van der Waals surface area (Å²) < 4.78 is 15.7. The van der Waals surface area contributed by atoms with Gasteiger partial charge in [-0.2, -0.15) is 0 Å². The van der Waals surface area contributed by atoms with Crippen molar-refractivity contribution in [1.82, 2.24) is 4.90 Å². The molecule has 0 saturated heterocycles. The summed E-state index contributed by atoms with van der Waals surface area (Å²) in [7, 11) is 1.67. The summed E-state index contributed by atoms with van der Waals surface area (Å²) in [5, 5.41) is 0. The monoisotopic (exact) mass is 262 g/mol. The first-order chi connectivity index (χ1) is 8.70. The van der Waals surface area contributed by atoms with Gasteiger partial charge in [0.15, 0.2) is 0 Å². The van der Waals surface area contributed by atoms with Crippen molar-refractivity contribution in [1.29, 1.82) is 0 Å². The molecular formula is C13H30N2O3. The molecule has 0 aliphatic carbocycles. The van der Waals surface area contributed by atoms with Gasteiger partial charge in [-0.3, -0.25) is 4.90 Å². The fourth-order valence-corrected chi connectivity index (χ4v) is 1.65. The fraction of sp³-hybridized carbons (Fsp3) is 1.00. The molecular weight excluding hydrogens is 232 g/mol. The van der Waals surface area contributed by atoms with E-state index in [9.17, 15) is 0 Å². The Morgan fingerprint density at radius 1 is 0.944 bits per heavy atom. The van der Waals surface area contributed by atoms with Crippen LogP contribution < -0.4 is 5.73 Å². The average molecular weight is 262 g/mol. The van der Waals surface area contributed by atoms with Crippen LogP contribution in [0.2, 0.25) is 0 Å². The van der Waals surface area contributed by atoms with Gasteiger partial charge in [0.05, 0.1) is 33.0 Å². The van der Waals surface area contributed by atoms with E-state index in [4.69, 9.17) is 19.9 Å². The van der Waals surface area contributed by atoms with E-state index in [-0.39, 0.29) is 0 Å². The van der Waals surface area contributed by atoms with Crippen molar-refractivity contribution in [3.63, 3.8) is 0 Å². The minimum Gasteiger partial charge on any atom is -0.382 e. The predicted octanol–water partition coefficient (Wildman–Crippen LogP) is 0.583. The molecule has 0 aromatic carbocycles. The normalized spacial score (nSPS) is 11.7. The Morgan fingerprint density at radius 3 is 2.11 bits per heavy atom. The van der Waals surface area contributed by atoms with Crippen LogP contribution in [0.4, 0.5) is 0 Å². The molecule has 18 heavy (non-hydrogen) atoms. The van der Waals surface area contributed by atoms with Crippen LogP contribution in [0, 0.1) is 5.92 Å². The van der Waals surface area contributed by atoms with Gasteiger partial charge >= 0.3 is 0 Å². The molecule has 0 bridgehead atoms. The van der Waals surface area contributed by atoms with Crippen LogP contribution in [0.1, 0.15) is 13.8 Å². The molecule has 2 N–H and O–H groups in total. The highest BCUT2D eigenvalue weighted by Crippen LogP contribution is 1.97. The van der Waals surface area contributed by atoms with Crippen molar-refractivity contribution in [3.8, 4) is 0 Å². The topological polar surface area (TPSA) is 57.0 Å². The van der Waals surface area contributed by atoms with E-state index in [1.807, 2.05) is 0 Å². The molecule has 0 atom stereocenters. The van der Waals surface area contributed by atoms with Gasteiger partial charge < -0.3 is 19.9 Å². The standard InChI is InChI=1S/C13H30N2O3/c1-13(2)12-15(5-4-14)6-7-17-10-11-18-9-8-16-3/h13H,4-12,14H2,1-3H3. The second-order valence-electron chi connectivity index (χ2n) is 4.70. The van der Waals surface area contributed by atoms with Crippen molar-refractivity contribution in [2.75, 3.05) is 66.3 Å². The van der Waals surface area contributed by atoms with Gasteiger partial charge in [-0.05, 0) is 5.92 Å². The van der Waals surface area contributed by atoms with E-state index < -0.39 is 0 Å². The largest absolute Gasteiger partial charge is 0.382 e. The summed E-state index contributed by atoms with van der Waals surface area (Å²) in [6.45, 7) is 11.4. The maximum Gasteiger partial charge on any atom is 0.0701 e. The summed E-state index contributed by atoms with van der Waals surface area (Å²) in [4.78, 5) is 2.34. The highest BCUT2D eigenvalue weighted by Gasteiger charge is 2.05. The highest BCUT2D eigenvalue weighted by molar-refractivity contribution is 4.60. The molecule has 0 heterocycles. The number of nitrogens with zero attached hydrogens (tertiary/aromatic N) is 1. The number of rotatable bonds is 13. The van der Waals surface area contributed by atoms with Crippen molar-refractivity contribution in [2.24, 2.45) is 11.7 Å². The van der Waals surface area contributed by atoms with Gasteiger partial charge in [-0.15, -0.1) is 0 Å². The Kier molecular flexibility index (Phi) is 13.1. The smallest absolute Gasteiger partial charge is 0.0701 e. The van der Waals surface area contributed by atoms with E-state index in [0.717, 1.165) is 26.2 Å². The number of ether oxygens (including phenoxy) is 3. The van der Waals surface area contributed by atoms with Crippen LogP contribution in [-0.2, 0) is 14.2 Å². The predicted molar refractivity (Wildman–Crippen MR) is 73.8 cm³/mol. The lowest BCUT2D eigenvalue weighted by Gasteiger charge is -2.23. The molecule has 0 fully saturated rings. The third-order valence-electron chi connectivity index (χ3n) is 2.42. The van der Waals surface area contributed by atoms with Gasteiger partial charge in [0.1, 0.15) is 0 Å². The number of hydrogen-bond acceptors (Lipinski definition) is 5. The van der Waals surface area contributed by atoms with Gasteiger partial charge in [-0.1, -0.05) is 13.8 Å². The van der Waals surface area contributed by atoms with Crippen molar-refractivity contribution < 1.29 is 14.2 Å². The molecule has 0 unspecified atom stereocenters. The van der Waals surface area contributed by atoms with Crippen LogP contribution >= 0.6 is 0 Å². The van der Waals surface area contributed by atoms with Crippen LogP contribution in [0.5, 0.6) is 0 Å². The van der Waals surface area contributed by atoms with E-state index in [1.54, 1.807) is 7.11 Å². The third-order valence-corrected chi connectivity index (χ3v) is 2.42. The van der Waals surface area contributed by atoms with E-state index in [1.165, 1.54) is 0 Å². The average Bonchev–Trinajstić information content (AvgIpc) is 2.32. The van der Waals surface area contributed by atoms with Gasteiger partial charge in [0.25, 0.3) is 0 Å². The van der Waals surface area contributed by atoms with E-state index in [0.29, 0.717) is 38.9 Å². The highest BCUT2D eigenvalue weighted by atomic mass is 16.5. The minimum absolute atomic E-state index is 0.629. The van der Waals surface area contributed by atoms with E-state index in [2.05, 4.69) is 18.7 Å². The van der Waals surface area contributed by atoms with E-state index >= 15 is 0 Å². The zero-order valence-electron chi connectivity index (χ0n) is 12.2. The molecule has 0 amide bonds. The lowest BCUT2D eigenvalue weighted by molar-refractivity contribution is 0.0190. The number of hydrogen-bond donors (Lipinski definition) is 1. The Hall–Kier alpha value is -0.200. The van der Waals surface area contributed by atoms with Crippen molar-refractivity contribution in [3.05, 3.63) is 0 Å². The van der Waals surface area contributed by atoms with Crippen LogP contribution in [-0.4, -0.2) is 71.2 Å². The summed E-state index contributed by atoms with van der Waals surface area (Å²) in [6.07, 6.45) is 0. The molecule has 0 saturated carbocycles. The van der Waals surface area contributed by atoms with Crippen molar-refractivity contribution >= 4 is 0 Å². The molecule has 0 spiro atoms. The molecule has 0 aromatic rings. The lowest BCUT2D eigenvalue weighted by Crippen LogP contribution is -2.35. The Bertz CT molecular complexity index is 168. The second-order valence-corrected chi connectivity index (χ2v) is 4.70. The zero-order chi connectivity index (χ0) is 13.6. The first-order valence-electron chi connectivity index (χ1n) is 6.77. The van der Waals surface area contributed by atoms with Gasteiger partial charge in [0.2, 0.25) is 0 Å². The Morgan fingerprint density at radius 2 is 1.56 bits per heavy atom. The fourth-order valence-electron chi connectivity index (χ4n) is 1.65. The molecule has 5 nitrogen and oxygen atoms in total. The first-order valence-corrected chi connectivity index (χ1v) is 6.77. The number of nitrogens with two attached hydrogens (primary N) is 1. The van der Waals surface area contributed by atoms with Crippen molar-refractivity contribution in [2.45, 2.75) is 13.8 Å². The second kappa shape index (κ2) is 13.2. The summed E-state index contributed by atoms with van der Waals surface area (Å²) in [6, 6.07) is 0. The molecule has 0 aliphatic heterocycles. The van der Waals surface area contributed by atoms with Crippen LogP contribution in [0.3, 0.4) is 0 Å².